The number of aromatic nitrogens is 2. The third-order valence-corrected chi connectivity index (χ3v) is 3.97. The largest absolute Gasteiger partial charge is 0.416 e. The number of aliphatic hydroxyl groups excluding tert-OH is 1. The molecule has 0 spiro atoms. The molecule has 1 amide bonds. The standard InChI is InChI=1S/C19H16F3N3O3/c20-19(21,22)14-8-6-13(7-9-14)16-24-18(28-25-16)17(27)23-15(11-26)10-12-4-2-1-3-5-12/h1-9,15,26H,10-11H2,(H,23,27)/t15-/m1/s1. The van der Waals surface area contributed by atoms with E-state index in [0.717, 1.165) is 17.7 Å². The number of halogens is 3. The van der Waals surface area contributed by atoms with E-state index >= 15 is 0 Å². The number of rotatable bonds is 6. The van der Waals surface area contributed by atoms with Gasteiger partial charge in [-0.05, 0) is 24.1 Å². The smallest absolute Gasteiger partial charge is 0.394 e. The van der Waals surface area contributed by atoms with Gasteiger partial charge in [0.1, 0.15) is 0 Å². The van der Waals surface area contributed by atoms with Crippen LogP contribution in [-0.4, -0.2) is 33.8 Å². The zero-order valence-corrected chi connectivity index (χ0v) is 14.5. The minimum Gasteiger partial charge on any atom is -0.394 e. The van der Waals surface area contributed by atoms with E-state index in [9.17, 15) is 23.1 Å². The summed E-state index contributed by atoms with van der Waals surface area (Å²) >= 11 is 0. The Bertz CT molecular complexity index is 925. The van der Waals surface area contributed by atoms with Crippen LogP contribution in [0.3, 0.4) is 0 Å². The van der Waals surface area contributed by atoms with E-state index < -0.39 is 23.7 Å². The SMILES string of the molecule is O=C(N[C@@H](CO)Cc1ccccc1)c1nc(-c2ccc(C(F)(F)F)cc2)no1. The molecule has 0 aliphatic heterocycles. The topological polar surface area (TPSA) is 88.2 Å². The highest BCUT2D eigenvalue weighted by atomic mass is 19.4. The maximum atomic E-state index is 12.6. The van der Waals surface area contributed by atoms with E-state index in [1.54, 1.807) is 0 Å². The lowest BCUT2D eigenvalue weighted by Crippen LogP contribution is -2.39. The first-order valence-corrected chi connectivity index (χ1v) is 8.34. The average Bonchev–Trinajstić information content (AvgIpc) is 3.18. The second-order valence-electron chi connectivity index (χ2n) is 6.04. The van der Waals surface area contributed by atoms with Crippen molar-refractivity contribution >= 4 is 5.91 Å². The molecule has 1 heterocycles. The number of hydrogen-bond acceptors (Lipinski definition) is 5. The summed E-state index contributed by atoms with van der Waals surface area (Å²) < 4.78 is 42.8. The fourth-order valence-electron chi connectivity index (χ4n) is 2.55. The average molecular weight is 391 g/mol. The molecule has 0 bridgehead atoms. The van der Waals surface area contributed by atoms with Gasteiger partial charge >= 0.3 is 18.0 Å². The summed E-state index contributed by atoms with van der Waals surface area (Å²) in [6.07, 6.45) is -4.04. The lowest BCUT2D eigenvalue weighted by atomic mass is 10.1. The van der Waals surface area contributed by atoms with Crippen LogP contribution in [0.25, 0.3) is 11.4 Å². The summed E-state index contributed by atoms with van der Waals surface area (Å²) in [4.78, 5) is 16.2. The Kier molecular flexibility index (Phi) is 5.74. The summed E-state index contributed by atoms with van der Waals surface area (Å²) in [6.45, 7) is -0.291. The van der Waals surface area contributed by atoms with Crippen molar-refractivity contribution in [1.82, 2.24) is 15.5 Å². The number of carbonyl (C=O) groups excluding carboxylic acids is 1. The minimum atomic E-state index is -4.45. The van der Waals surface area contributed by atoms with E-state index in [1.807, 2.05) is 30.3 Å². The molecule has 0 fully saturated rings. The molecule has 1 aromatic heterocycles. The predicted octanol–water partition coefficient (Wildman–Crippen LogP) is 3.09. The molecule has 0 radical (unpaired) electrons. The summed E-state index contributed by atoms with van der Waals surface area (Å²) in [5.41, 5.74) is 0.404. The van der Waals surface area contributed by atoms with Gasteiger partial charge in [-0.15, -0.1) is 0 Å². The van der Waals surface area contributed by atoms with Gasteiger partial charge in [-0.2, -0.15) is 18.2 Å². The lowest BCUT2D eigenvalue weighted by Gasteiger charge is -2.14. The number of aliphatic hydroxyl groups is 1. The molecule has 28 heavy (non-hydrogen) atoms. The van der Waals surface area contributed by atoms with Gasteiger partial charge in [0.2, 0.25) is 5.82 Å². The molecule has 2 N–H and O–H groups in total. The second-order valence-corrected chi connectivity index (χ2v) is 6.04. The zero-order chi connectivity index (χ0) is 20.1. The maximum absolute atomic E-state index is 12.6. The summed E-state index contributed by atoms with van der Waals surface area (Å²) in [5, 5.41) is 15.7. The molecular weight excluding hydrogens is 375 g/mol. The Morgan fingerprint density at radius 2 is 1.79 bits per heavy atom. The van der Waals surface area contributed by atoms with E-state index in [2.05, 4.69) is 15.5 Å². The molecule has 0 aliphatic rings. The number of benzene rings is 2. The number of nitrogens with one attached hydrogen (secondary N) is 1. The Balaban J connectivity index is 1.68. The Hall–Kier alpha value is -3.20. The van der Waals surface area contributed by atoms with Crippen molar-refractivity contribution in [3.63, 3.8) is 0 Å². The van der Waals surface area contributed by atoms with Crippen LogP contribution in [-0.2, 0) is 12.6 Å². The molecule has 3 rings (SSSR count). The second kappa shape index (κ2) is 8.22. The molecule has 0 saturated heterocycles. The van der Waals surface area contributed by atoms with Gasteiger partial charge in [0.25, 0.3) is 0 Å². The van der Waals surface area contributed by atoms with Crippen molar-refractivity contribution in [3.05, 3.63) is 71.6 Å². The van der Waals surface area contributed by atoms with E-state index in [1.165, 1.54) is 12.1 Å². The van der Waals surface area contributed by atoms with Crippen molar-refractivity contribution in [3.8, 4) is 11.4 Å². The molecule has 0 saturated carbocycles. The van der Waals surface area contributed by atoms with Crippen LogP contribution in [0.4, 0.5) is 13.2 Å². The van der Waals surface area contributed by atoms with Crippen LogP contribution < -0.4 is 5.32 Å². The van der Waals surface area contributed by atoms with Crippen molar-refractivity contribution < 1.29 is 27.6 Å². The minimum absolute atomic E-state index is 0.0116. The maximum Gasteiger partial charge on any atom is 0.416 e. The van der Waals surface area contributed by atoms with Crippen LogP contribution in [0.5, 0.6) is 0 Å². The monoisotopic (exact) mass is 391 g/mol. The number of hydrogen-bond donors (Lipinski definition) is 2. The molecule has 0 unspecified atom stereocenters. The van der Waals surface area contributed by atoms with Crippen molar-refractivity contribution in [2.24, 2.45) is 0 Å². The highest BCUT2D eigenvalue weighted by Crippen LogP contribution is 2.30. The van der Waals surface area contributed by atoms with Crippen LogP contribution in [0.1, 0.15) is 21.8 Å². The van der Waals surface area contributed by atoms with Crippen LogP contribution in [0, 0.1) is 0 Å². The molecule has 6 nitrogen and oxygen atoms in total. The molecule has 9 heteroatoms. The van der Waals surface area contributed by atoms with Gasteiger partial charge in [0, 0.05) is 5.56 Å². The van der Waals surface area contributed by atoms with Gasteiger partial charge in [0.05, 0.1) is 18.2 Å². The van der Waals surface area contributed by atoms with E-state index in [4.69, 9.17) is 4.52 Å². The predicted molar refractivity (Wildman–Crippen MR) is 93.2 cm³/mol. The quantitative estimate of drug-likeness (QED) is 0.674. The highest BCUT2D eigenvalue weighted by molar-refractivity contribution is 5.90. The summed E-state index contributed by atoms with van der Waals surface area (Å²) in [5.74, 6) is -1.04. The Morgan fingerprint density at radius 1 is 1.11 bits per heavy atom. The fourth-order valence-corrected chi connectivity index (χ4v) is 2.55. The van der Waals surface area contributed by atoms with Crippen molar-refractivity contribution in [2.75, 3.05) is 6.61 Å². The zero-order valence-electron chi connectivity index (χ0n) is 14.5. The number of nitrogens with zero attached hydrogens (tertiary/aromatic N) is 2. The van der Waals surface area contributed by atoms with Gasteiger partial charge in [-0.25, -0.2) is 0 Å². The number of amides is 1. The first-order chi connectivity index (χ1) is 13.4. The number of carbonyl (C=O) groups is 1. The van der Waals surface area contributed by atoms with Crippen LogP contribution in [0.15, 0.2) is 59.1 Å². The molecular formula is C19H16F3N3O3. The first kappa shape index (κ1) is 19.6. The van der Waals surface area contributed by atoms with Crippen LogP contribution >= 0.6 is 0 Å². The third kappa shape index (κ3) is 4.74. The summed E-state index contributed by atoms with van der Waals surface area (Å²) in [7, 11) is 0. The van der Waals surface area contributed by atoms with Gasteiger partial charge < -0.3 is 14.9 Å². The van der Waals surface area contributed by atoms with Crippen LogP contribution in [0.2, 0.25) is 0 Å². The van der Waals surface area contributed by atoms with E-state index in [-0.39, 0.29) is 23.9 Å². The van der Waals surface area contributed by atoms with Gasteiger partial charge in [-0.3, -0.25) is 4.79 Å². The lowest BCUT2D eigenvalue weighted by molar-refractivity contribution is -0.137. The first-order valence-electron chi connectivity index (χ1n) is 8.34. The normalized spacial score (nSPS) is 12.6. The Morgan fingerprint density at radius 3 is 2.39 bits per heavy atom. The molecule has 146 valence electrons. The molecule has 3 aromatic rings. The molecule has 2 aromatic carbocycles. The molecule has 1 atom stereocenters. The van der Waals surface area contributed by atoms with Crippen molar-refractivity contribution in [1.29, 1.82) is 0 Å². The number of alkyl halides is 3. The summed E-state index contributed by atoms with van der Waals surface area (Å²) in [6, 6.07) is 12.9. The van der Waals surface area contributed by atoms with E-state index in [0.29, 0.717) is 6.42 Å². The van der Waals surface area contributed by atoms with Gasteiger partial charge in [-0.1, -0.05) is 47.6 Å². The third-order valence-electron chi connectivity index (χ3n) is 3.97. The van der Waals surface area contributed by atoms with Gasteiger partial charge in [0.15, 0.2) is 0 Å². The highest BCUT2D eigenvalue weighted by Gasteiger charge is 2.30. The van der Waals surface area contributed by atoms with Crippen molar-refractivity contribution in [2.45, 2.75) is 18.6 Å². The fraction of sp³-hybridized carbons (Fsp3) is 0.211. The molecule has 0 aliphatic carbocycles. The Labute approximate surface area is 158 Å².